The Labute approximate surface area is 198 Å². The van der Waals surface area contributed by atoms with Crippen LogP contribution >= 0.6 is 11.6 Å². The number of halogens is 4. The number of fused-ring (bicyclic) bond motifs is 1. The SMILES string of the molecule is CC(NS(=O)(=O)c1ccc(-c2c(C#N)c3ncc(Cl)cc3n2-c2ccccc2)cc1)C(F)(F)F. The Morgan fingerprint density at radius 1 is 1.12 bits per heavy atom. The molecular weight excluding hydrogens is 489 g/mol. The lowest BCUT2D eigenvalue weighted by Crippen LogP contribution is -2.42. The van der Waals surface area contributed by atoms with Crippen LogP contribution in [0.25, 0.3) is 28.0 Å². The number of hydrogen-bond donors (Lipinski definition) is 1. The predicted octanol–water partition coefficient (Wildman–Crippen LogP) is 5.45. The maximum Gasteiger partial charge on any atom is 0.404 e. The van der Waals surface area contributed by atoms with Gasteiger partial charge in [-0.3, -0.25) is 4.98 Å². The highest BCUT2D eigenvalue weighted by Crippen LogP contribution is 2.36. The van der Waals surface area contributed by atoms with Crippen molar-refractivity contribution in [3.63, 3.8) is 0 Å². The van der Waals surface area contributed by atoms with Crippen molar-refractivity contribution in [2.75, 3.05) is 0 Å². The summed E-state index contributed by atoms with van der Waals surface area (Å²) in [5, 5.41) is 10.3. The number of para-hydroxylation sites is 1. The minimum absolute atomic E-state index is 0.245. The van der Waals surface area contributed by atoms with Crippen molar-refractivity contribution in [2.45, 2.75) is 24.0 Å². The van der Waals surface area contributed by atoms with Gasteiger partial charge in [-0.15, -0.1) is 0 Å². The molecule has 6 nitrogen and oxygen atoms in total. The van der Waals surface area contributed by atoms with Crippen LogP contribution in [0.1, 0.15) is 12.5 Å². The van der Waals surface area contributed by atoms with Crippen LogP contribution < -0.4 is 4.72 Å². The van der Waals surface area contributed by atoms with Gasteiger partial charge in [0, 0.05) is 17.4 Å². The molecule has 2 heterocycles. The van der Waals surface area contributed by atoms with Crippen molar-refractivity contribution in [1.82, 2.24) is 14.3 Å². The van der Waals surface area contributed by atoms with Crippen molar-refractivity contribution in [3.05, 3.63) is 77.4 Å². The second-order valence-corrected chi connectivity index (χ2v) is 9.59. The van der Waals surface area contributed by atoms with Crippen LogP contribution in [0.4, 0.5) is 13.2 Å². The van der Waals surface area contributed by atoms with Crippen LogP contribution in [0.5, 0.6) is 0 Å². The molecule has 0 aliphatic heterocycles. The van der Waals surface area contributed by atoms with Crippen LogP contribution in [0.3, 0.4) is 0 Å². The summed E-state index contributed by atoms with van der Waals surface area (Å²) in [5.74, 6) is 0. The summed E-state index contributed by atoms with van der Waals surface area (Å²) >= 11 is 6.16. The summed E-state index contributed by atoms with van der Waals surface area (Å²) in [6, 6.07) is 15.9. The summed E-state index contributed by atoms with van der Waals surface area (Å²) in [5.41, 5.74) is 2.85. The van der Waals surface area contributed by atoms with Gasteiger partial charge in [-0.2, -0.15) is 23.2 Å². The molecule has 0 radical (unpaired) electrons. The highest BCUT2D eigenvalue weighted by molar-refractivity contribution is 7.89. The number of sulfonamides is 1. The van der Waals surface area contributed by atoms with Crippen LogP contribution in [-0.4, -0.2) is 30.2 Å². The Balaban J connectivity index is 1.87. The topological polar surface area (TPSA) is 87.8 Å². The van der Waals surface area contributed by atoms with Gasteiger partial charge in [0.1, 0.15) is 23.2 Å². The average Bonchev–Trinajstić information content (AvgIpc) is 3.12. The zero-order chi connectivity index (χ0) is 24.7. The van der Waals surface area contributed by atoms with Gasteiger partial charge in [-0.1, -0.05) is 41.9 Å². The number of rotatable bonds is 5. The van der Waals surface area contributed by atoms with Crippen molar-refractivity contribution < 1.29 is 21.6 Å². The third-order valence-electron chi connectivity index (χ3n) is 5.16. The Kier molecular flexibility index (Phi) is 6.12. The molecule has 4 rings (SSSR count). The minimum Gasteiger partial charge on any atom is -0.306 e. The van der Waals surface area contributed by atoms with Gasteiger partial charge >= 0.3 is 6.18 Å². The number of aromatic nitrogens is 2. The molecule has 0 saturated carbocycles. The Morgan fingerprint density at radius 3 is 2.35 bits per heavy atom. The Morgan fingerprint density at radius 2 is 1.76 bits per heavy atom. The second kappa shape index (κ2) is 8.76. The molecule has 11 heteroatoms. The van der Waals surface area contributed by atoms with Crippen molar-refractivity contribution in [2.24, 2.45) is 0 Å². The molecule has 0 bridgehead atoms. The van der Waals surface area contributed by atoms with E-state index in [2.05, 4.69) is 11.1 Å². The van der Waals surface area contributed by atoms with E-state index in [9.17, 15) is 26.9 Å². The van der Waals surface area contributed by atoms with E-state index >= 15 is 0 Å². The third-order valence-corrected chi connectivity index (χ3v) is 6.92. The van der Waals surface area contributed by atoms with E-state index in [0.717, 1.165) is 6.92 Å². The van der Waals surface area contributed by atoms with Gasteiger partial charge in [0.15, 0.2) is 0 Å². The summed E-state index contributed by atoms with van der Waals surface area (Å²) in [7, 11) is -4.42. The smallest absolute Gasteiger partial charge is 0.306 e. The summed E-state index contributed by atoms with van der Waals surface area (Å²) in [6.45, 7) is 0.724. The number of alkyl halides is 3. The zero-order valence-electron chi connectivity index (χ0n) is 17.5. The molecular formula is C23H16ClF3N4O2S. The van der Waals surface area contributed by atoms with Gasteiger partial charge in [0.2, 0.25) is 10.0 Å². The molecule has 2 aromatic heterocycles. The maximum atomic E-state index is 12.8. The lowest BCUT2D eigenvalue weighted by molar-refractivity contribution is -0.147. The fourth-order valence-electron chi connectivity index (χ4n) is 3.52. The van der Waals surface area contributed by atoms with Crippen molar-refractivity contribution in [3.8, 4) is 23.0 Å². The number of nitrogens with one attached hydrogen (secondary N) is 1. The van der Waals surface area contributed by atoms with E-state index in [-0.39, 0.29) is 10.5 Å². The van der Waals surface area contributed by atoms with Gasteiger partial charge in [-0.25, -0.2) is 8.42 Å². The molecule has 1 atom stereocenters. The second-order valence-electron chi connectivity index (χ2n) is 7.44. The van der Waals surface area contributed by atoms with Crippen LogP contribution in [-0.2, 0) is 10.0 Å². The molecule has 0 amide bonds. The molecule has 2 aromatic carbocycles. The largest absolute Gasteiger partial charge is 0.404 e. The summed E-state index contributed by atoms with van der Waals surface area (Å²) < 4.78 is 66.7. The molecule has 0 spiro atoms. The average molecular weight is 505 g/mol. The van der Waals surface area contributed by atoms with E-state index in [1.165, 1.54) is 30.5 Å². The number of nitrogens with zero attached hydrogens (tertiary/aromatic N) is 3. The first-order valence-corrected chi connectivity index (χ1v) is 11.7. The monoisotopic (exact) mass is 504 g/mol. The lowest BCUT2D eigenvalue weighted by atomic mass is 10.1. The summed E-state index contributed by atoms with van der Waals surface area (Å²) in [4.78, 5) is 3.97. The molecule has 1 N–H and O–H groups in total. The maximum absolute atomic E-state index is 12.8. The van der Waals surface area contributed by atoms with Crippen LogP contribution in [0.15, 0.2) is 71.8 Å². The van der Waals surface area contributed by atoms with Crippen LogP contribution in [0, 0.1) is 11.3 Å². The van der Waals surface area contributed by atoms with E-state index in [0.29, 0.717) is 33.0 Å². The fourth-order valence-corrected chi connectivity index (χ4v) is 4.90. The quantitative estimate of drug-likeness (QED) is 0.391. The van der Waals surface area contributed by atoms with E-state index in [1.807, 2.05) is 30.3 Å². The fraction of sp³-hybridized carbons (Fsp3) is 0.130. The number of hydrogen-bond acceptors (Lipinski definition) is 4. The van der Waals surface area contributed by atoms with Gasteiger partial charge < -0.3 is 4.57 Å². The van der Waals surface area contributed by atoms with Crippen molar-refractivity contribution >= 4 is 32.7 Å². The molecule has 0 fully saturated rings. The number of nitriles is 1. The highest BCUT2D eigenvalue weighted by Gasteiger charge is 2.38. The van der Waals surface area contributed by atoms with Crippen molar-refractivity contribution in [1.29, 1.82) is 5.26 Å². The van der Waals surface area contributed by atoms with E-state index in [4.69, 9.17) is 11.6 Å². The Hall–Kier alpha value is -3.39. The predicted molar refractivity (Wildman–Crippen MR) is 122 cm³/mol. The molecule has 34 heavy (non-hydrogen) atoms. The lowest BCUT2D eigenvalue weighted by Gasteiger charge is -2.17. The number of benzene rings is 2. The molecule has 4 aromatic rings. The number of pyridine rings is 1. The van der Waals surface area contributed by atoms with E-state index < -0.39 is 22.2 Å². The van der Waals surface area contributed by atoms with Gasteiger partial charge in [-0.05, 0) is 37.3 Å². The minimum atomic E-state index is -4.72. The molecule has 1 unspecified atom stereocenters. The standard InChI is InChI=1S/C23H16ClF3N4O2S/c1-14(23(25,26)27)30-34(32,33)18-9-7-15(8-10-18)22-19(12-28)21-20(11-16(24)13-29-21)31(22)17-5-3-2-4-6-17/h2-11,13-14,30H,1H3. The first-order chi connectivity index (χ1) is 16.0. The Bertz CT molecular complexity index is 1510. The molecule has 174 valence electrons. The van der Waals surface area contributed by atoms with Gasteiger partial charge in [0.05, 0.1) is 21.1 Å². The third kappa shape index (κ3) is 4.37. The zero-order valence-corrected chi connectivity index (χ0v) is 19.1. The van der Waals surface area contributed by atoms with Crippen LogP contribution in [0.2, 0.25) is 5.02 Å². The summed E-state index contributed by atoms with van der Waals surface area (Å²) in [6.07, 6.45) is -3.30. The molecule has 0 aliphatic rings. The van der Waals surface area contributed by atoms with Gasteiger partial charge in [0.25, 0.3) is 0 Å². The van der Waals surface area contributed by atoms with E-state index in [1.54, 1.807) is 15.4 Å². The molecule has 0 saturated heterocycles. The normalized spacial score (nSPS) is 13.1. The highest BCUT2D eigenvalue weighted by atomic mass is 35.5. The first-order valence-electron chi connectivity index (χ1n) is 9.88. The molecule has 0 aliphatic carbocycles. The first kappa shape index (κ1) is 23.8.